The van der Waals surface area contributed by atoms with Gasteiger partial charge in [-0.2, -0.15) is 0 Å². The number of carbonyl (C=O) groups is 2. The summed E-state index contributed by atoms with van der Waals surface area (Å²) >= 11 is 0. The number of anilines is 1. The second-order valence-corrected chi connectivity index (χ2v) is 8.63. The van der Waals surface area contributed by atoms with Gasteiger partial charge in [-0.25, -0.2) is 4.39 Å². The van der Waals surface area contributed by atoms with Gasteiger partial charge in [0.2, 0.25) is 0 Å². The van der Waals surface area contributed by atoms with Crippen molar-refractivity contribution >= 4 is 23.1 Å². The minimum Gasteiger partial charge on any atom is -0.507 e. The SMILES string of the molecule is CCOc1cc(C2/C(=C(\O)c3cc(F)ccc3OC)C(=O)C(=O)N2c2ccc(C)c(C)c2)ccc1OC. The first-order valence-corrected chi connectivity index (χ1v) is 11.7. The van der Waals surface area contributed by atoms with Crippen molar-refractivity contribution in [3.8, 4) is 17.2 Å². The molecule has 1 aliphatic rings. The number of hydrogen-bond donors (Lipinski definition) is 1. The number of benzene rings is 3. The van der Waals surface area contributed by atoms with Gasteiger partial charge in [-0.1, -0.05) is 12.1 Å². The third-order valence-electron chi connectivity index (χ3n) is 6.43. The standard InChI is InChI=1S/C29H28FNO6/c1-6-37-24-14-18(8-11-23(24)36-5)26-25(27(32)21-15-19(30)9-12-22(21)35-4)28(33)29(34)31(26)20-10-7-16(2)17(3)13-20/h7-15,26,32H,6H2,1-5H3/b27-25+. The molecule has 8 heteroatoms. The second kappa shape index (κ2) is 10.3. The summed E-state index contributed by atoms with van der Waals surface area (Å²) in [5.74, 6) is -1.86. The molecule has 37 heavy (non-hydrogen) atoms. The number of aryl methyl sites for hydroxylation is 2. The van der Waals surface area contributed by atoms with Gasteiger partial charge in [0.1, 0.15) is 17.3 Å². The molecule has 192 valence electrons. The maximum absolute atomic E-state index is 14.2. The van der Waals surface area contributed by atoms with Crippen molar-refractivity contribution in [2.24, 2.45) is 0 Å². The maximum Gasteiger partial charge on any atom is 0.300 e. The number of amides is 1. The molecule has 7 nitrogen and oxygen atoms in total. The Labute approximate surface area is 214 Å². The number of methoxy groups -OCH3 is 2. The van der Waals surface area contributed by atoms with Gasteiger partial charge in [0.05, 0.1) is 38.0 Å². The number of rotatable bonds is 7. The minimum atomic E-state index is -1.03. The third kappa shape index (κ3) is 4.62. The number of aliphatic hydroxyl groups is 1. The molecule has 1 atom stereocenters. The largest absolute Gasteiger partial charge is 0.507 e. The molecule has 0 bridgehead atoms. The fourth-order valence-corrected chi connectivity index (χ4v) is 4.43. The highest BCUT2D eigenvalue weighted by atomic mass is 19.1. The first-order valence-electron chi connectivity index (χ1n) is 11.7. The van der Waals surface area contributed by atoms with Crippen LogP contribution in [-0.2, 0) is 9.59 Å². The summed E-state index contributed by atoms with van der Waals surface area (Å²) in [6, 6.07) is 13.0. The molecule has 0 radical (unpaired) electrons. The fourth-order valence-electron chi connectivity index (χ4n) is 4.43. The predicted molar refractivity (Wildman–Crippen MR) is 138 cm³/mol. The Balaban J connectivity index is 2.01. The number of aliphatic hydroxyl groups excluding tert-OH is 1. The van der Waals surface area contributed by atoms with Crippen LogP contribution >= 0.6 is 0 Å². The average molecular weight is 506 g/mol. The third-order valence-corrected chi connectivity index (χ3v) is 6.43. The monoisotopic (exact) mass is 505 g/mol. The van der Waals surface area contributed by atoms with Gasteiger partial charge >= 0.3 is 0 Å². The van der Waals surface area contributed by atoms with Gasteiger partial charge in [-0.15, -0.1) is 0 Å². The molecule has 0 spiro atoms. The number of ketones is 1. The highest BCUT2D eigenvalue weighted by Gasteiger charge is 2.47. The van der Waals surface area contributed by atoms with Crippen molar-refractivity contribution in [2.45, 2.75) is 26.8 Å². The van der Waals surface area contributed by atoms with E-state index in [1.165, 1.54) is 31.3 Å². The van der Waals surface area contributed by atoms with Crippen molar-refractivity contribution in [2.75, 3.05) is 25.7 Å². The molecule has 1 amide bonds. The van der Waals surface area contributed by atoms with Gasteiger partial charge in [-0.05, 0) is 79.9 Å². The van der Waals surface area contributed by atoms with E-state index in [0.29, 0.717) is 29.4 Å². The number of hydrogen-bond acceptors (Lipinski definition) is 6. The van der Waals surface area contributed by atoms with E-state index in [2.05, 4.69) is 0 Å². The van der Waals surface area contributed by atoms with Crippen LogP contribution in [0.1, 0.15) is 35.2 Å². The minimum absolute atomic E-state index is 0.0378. The van der Waals surface area contributed by atoms with Crippen molar-refractivity contribution in [1.82, 2.24) is 0 Å². The Morgan fingerprint density at radius 1 is 0.919 bits per heavy atom. The quantitative estimate of drug-likeness (QED) is 0.260. The van der Waals surface area contributed by atoms with Crippen molar-refractivity contribution in [1.29, 1.82) is 0 Å². The molecule has 1 heterocycles. The summed E-state index contributed by atoms with van der Waals surface area (Å²) in [5, 5.41) is 11.4. The van der Waals surface area contributed by atoms with E-state index in [-0.39, 0.29) is 16.9 Å². The molecule has 4 rings (SSSR count). The van der Waals surface area contributed by atoms with Gasteiger partial charge < -0.3 is 19.3 Å². The summed E-state index contributed by atoms with van der Waals surface area (Å²) in [7, 11) is 2.88. The molecular weight excluding hydrogens is 477 g/mol. The van der Waals surface area contributed by atoms with Crippen LogP contribution < -0.4 is 19.1 Å². The molecule has 1 aliphatic heterocycles. The van der Waals surface area contributed by atoms with E-state index in [4.69, 9.17) is 14.2 Å². The Morgan fingerprint density at radius 2 is 1.62 bits per heavy atom. The molecule has 3 aromatic rings. The summed E-state index contributed by atoms with van der Waals surface area (Å²) in [5.41, 5.74) is 2.69. The fraction of sp³-hybridized carbons (Fsp3) is 0.241. The van der Waals surface area contributed by atoms with E-state index in [1.807, 2.05) is 32.9 Å². The van der Waals surface area contributed by atoms with E-state index in [9.17, 15) is 19.1 Å². The zero-order valence-electron chi connectivity index (χ0n) is 21.3. The molecule has 1 fully saturated rings. The summed E-state index contributed by atoms with van der Waals surface area (Å²) in [6.45, 7) is 6.03. The topological polar surface area (TPSA) is 85.3 Å². The van der Waals surface area contributed by atoms with Crippen LogP contribution in [0.5, 0.6) is 17.2 Å². The van der Waals surface area contributed by atoms with Crippen LogP contribution in [0.3, 0.4) is 0 Å². The lowest BCUT2D eigenvalue weighted by Crippen LogP contribution is -2.29. The number of Topliss-reactive ketones (excluding diaryl/α,β-unsaturated/α-hetero) is 1. The molecule has 0 saturated carbocycles. The smallest absolute Gasteiger partial charge is 0.300 e. The summed E-state index contributed by atoms with van der Waals surface area (Å²) in [6.07, 6.45) is 0. The van der Waals surface area contributed by atoms with E-state index in [0.717, 1.165) is 17.2 Å². The molecular formula is C29H28FNO6. The predicted octanol–water partition coefficient (Wildman–Crippen LogP) is 5.48. The zero-order valence-corrected chi connectivity index (χ0v) is 21.3. The normalized spacial score (nSPS) is 16.7. The molecule has 0 aromatic heterocycles. The van der Waals surface area contributed by atoms with E-state index in [1.54, 1.807) is 24.3 Å². The van der Waals surface area contributed by atoms with Crippen LogP contribution in [0.2, 0.25) is 0 Å². The highest BCUT2D eigenvalue weighted by molar-refractivity contribution is 6.51. The van der Waals surface area contributed by atoms with E-state index < -0.39 is 29.3 Å². The molecule has 1 saturated heterocycles. The maximum atomic E-state index is 14.2. The average Bonchev–Trinajstić information content (AvgIpc) is 3.15. The Hall–Kier alpha value is -4.33. The molecule has 1 unspecified atom stereocenters. The van der Waals surface area contributed by atoms with Crippen molar-refractivity contribution < 1.29 is 33.3 Å². The first-order chi connectivity index (χ1) is 17.7. The van der Waals surface area contributed by atoms with Gasteiger partial charge in [0.15, 0.2) is 11.5 Å². The van der Waals surface area contributed by atoms with Crippen molar-refractivity contribution in [3.63, 3.8) is 0 Å². The lowest BCUT2D eigenvalue weighted by atomic mass is 9.94. The molecule has 1 N–H and O–H groups in total. The Bertz CT molecular complexity index is 1410. The molecule has 3 aromatic carbocycles. The van der Waals surface area contributed by atoms with Crippen LogP contribution in [0.4, 0.5) is 10.1 Å². The second-order valence-electron chi connectivity index (χ2n) is 8.63. The van der Waals surface area contributed by atoms with Gasteiger partial charge in [0.25, 0.3) is 11.7 Å². The van der Waals surface area contributed by atoms with E-state index >= 15 is 0 Å². The van der Waals surface area contributed by atoms with Crippen LogP contribution in [-0.4, -0.2) is 37.6 Å². The highest BCUT2D eigenvalue weighted by Crippen LogP contribution is 2.45. The summed E-state index contributed by atoms with van der Waals surface area (Å²) < 4.78 is 30.6. The van der Waals surface area contributed by atoms with Crippen LogP contribution in [0, 0.1) is 19.7 Å². The Kier molecular flexibility index (Phi) is 7.20. The van der Waals surface area contributed by atoms with Crippen molar-refractivity contribution in [3.05, 3.63) is 88.2 Å². The van der Waals surface area contributed by atoms with Gasteiger partial charge in [0, 0.05) is 5.69 Å². The number of ether oxygens (including phenoxy) is 3. The number of carbonyl (C=O) groups excluding carboxylic acids is 2. The number of nitrogens with zero attached hydrogens (tertiary/aromatic N) is 1. The zero-order chi connectivity index (χ0) is 26.9. The van der Waals surface area contributed by atoms with Gasteiger partial charge in [-0.3, -0.25) is 14.5 Å². The lowest BCUT2D eigenvalue weighted by Gasteiger charge is -2.26. The summed E-state index contributed by atoms with van der Waals surface area (Å²) in [4.78, 5) is 28.3. The lowest BCUT2D eigenvalue weighted by molar-refractivity contribution is -0.132. The Morgan fingerprint density at radius 3 is 2.27 bits per heavy atom. The molecule has 0 aliphatic carbocycles. The number of halogens is 1. The van der Waals surface area contributed by atoms with Crippen LogP contribution in [0.25, 0.3) is 5.76 Å². The first kappa shape index (κ1) is 25.8. The van der Waals surface area contributed by atoms with Crippen LogP contribution in [0.15, 0.2) is 60.2 Å².